The molecular weight excluding hydrogens is 596 g/mol. The van der Waals surface area contributed by atoms with E-state index in [1.54, 1.807) is 11.0 Å². The molecule has 2 fully saturated rings. The first-order valence-corrected chi connectivity index (χ1v) is 15.0. The highest BCUT2D eigenvalue weighted by atomic mass is 35.5. The third-order valence-electron chi connectivity index (χ3n) is 8.17. The number of hydrogen-bond donors (Lipinski definition) is 1. The van der Waals surface area contributed by atoms with E-state index in [9.17, 15) is 14.4 Å². The predicted molar refractivity (Wildman–Crippen MR) is 165 cm³/mol. The van der Waals surface area contributed by atoms with Crippen LogP contribution in [0.4, 0.5) is 19.6 Å². The molecule has 0 bridgehead atoms. The fourth-order valence-electron chi connectivity index (χ4n) is 5.91. The van der Waals surface area contributed by atoms with Gasteiger partial charge in [0.2, 0.25) is 11.8 Å². The second kappa shape index (κ2) is 11.6. The minimum absolute atomic E-state index is 0.00417. The lowest BCUT2D eigenvalue weighted by Crippen LogP contribution is -2.48. The van der Waals surface area contributed by atoms with Gasteiger partial charge in [0.25, 0.3) is 0 Å². The van der Waals surface area contributed by atoms with Crippen molar-refractivity contribution >= 4 is 60.8 Å². The number of nitriles is 1. The lowest BCUT2D eigenvalue weighted by Gasteiger charge is -2.36. The van der Waals surface area contributed by atoms with Crippen molar-refractivity contribution in [2.24, 2.45) is 0 Å². The zero-order chi connectivity index (χ0) is 30.4. The number of pyridine rings is 1. The summed E-state index contributed by atoms with van der Waals surface area (Å²) in [6.45, 7) is 6.32. The Labute approximate surface area is 255 Å². The van der Waals surface area contributed by atoms with Crippen molar-refractivity contribution in [2.75, 3.05) is 57.0 Å². The van der Waals surface area contributed by atoms with Crippen LogP contribution in [0.25, 0.3) is 32.2 Å². The molecule has 0 aliphatic carbocycles. The molecule has 1 atom stereocenters. The minimum Gasteiger partial charge on any atom is -0.475 e. The van der Waals surface area contributed by atoms with Crippen molar-refractivity contribution in [3.8, 4) is 23.1 Å². The molecule has 9 nitrogen and oxygen atoms in total. The van der Waals surface area contributed by atoms with Gasteiger partial charge in [-0.1, -0.05) is 29.5 Å². The molecule has 2 saturated heterocycles. The van der Waals surface area contributed by atoms with Crippen LogP contribution in [0.5, 0.6) is 5.88 Å². The summed E-state index contributed by atoms with van der Waals surface area (Å²) in [6.07, 6.45) is 3.23. The fourth-order valence-corrected chi connectivity index (χ4v) is 6.97. The number of likely N-dealkylation sites (tertiary alicyclic amines) is 1. The highest BCUT2D eigenvalue weighted by molar-refractivity contribution is 7.22. The van der Waals surface area contributed by atoms with Gasteiger partial charge in [0.15, 0.2) is 10.9 Å². The molecule has 0 unspecified atom stereocenters. The number of nitrogens with zero attached hydrogens (tertiary/aromatic N) is 6. The number of ether oxygens (including phenoxy) is 1. The first-order chi connectivity index (χ1) is 20.7. The zero-order valence-electron chi connectivity index (χ0n) is 23.4. The largest absolute Gasteiger partial charge is 0.475 e. The maximum atomic E-state index is 16.7. The van der Waals surface area contributed by atoms with Crippen molar-refractivity contribution in [2.45, 2.75) is 18.9 Å². The van der Waals surface area contributed by atoms with E-state index in [-0.39, 0.29) is 67.0 Å². The van der Waals surface area contributed by atoms with E-state index in [4.69, 9.17) is 22.1 Å². The van der Waals surface area contributed by atoms with Crippen LogP contribution in [0.3, 0.4) is 0 Å². The average Bonchev–Trinajstić information content (AvgIpc) is 3.61. The van der Waals surface area contributed by atoms with E-state index in [1.807, 2.05) is 11.9 Å². The summed E-state index contributed by atoms with van der Waals surface area (Å²) in [5.41, 5.74) is 6.89. The van der Waals surface area contributed by atoms with E-state index in [2.05, 4.69) is 27.5 Å². The Balaban J connectivity index is 1.53. The molecule has 222 valence electrons. The second-order valence-corrected chi connectivity index (χ2v) is 12.1. The van der Waals surface area contributed by atoms with Gasteiger partial charge in [-0.25, -0.2) is 18.7 Å². The Morgan fingerprint density at radius 1 is 1.26 bits per heavy atom. The third-order valence-corrected chi connectivity index (χ3v) is 9.36. The van der Waals surface area contributed by atoms with Crippen LogP contribution in [0.15, 0.2) is 30.9 Å². The molecule has 0 spiro atoms. The van der Waals surface area contributed by atoms with Gasteiger partial charge in [0.05, 0.1) is 20.9 Å². The summed E-state index contributed by atoms with van der Waals surface area (Å²) in [7, 11) is 2.01. The molecule has 2 aromatic heterocycles. The average molecular weight is 624 g/mol. The third kappa shape index (κ3) is 5.11. The maximum Gasteiger partial charge on any atom is 0.246 e. The van der Waals surface area contributed by atoms with E-state index in [0.717, 1.165) is 30.7 Å². The first-order valence-electron chi connectivity index (χ1n) is 13.8. The van der Waals surface area contributed by atoms with E-state index < -0.39 is 11.6 Å². The molecule has 4 heterocycles. The SMILES string of the molecule is C=CC(=O)N1CCN(c2c(C#N)c(OC[C@@H]3CCCN3C)nc3c(F)c(-c4ccc(F)c5sc(N)nc45)c(Cl)cc23)CC1. The van der Waals surface area contributed by atoms with Gasteiger partial charge in [-0.3, -0.25) is 4.79 Å². The predicted octanol–water partition coefficient (Wildman–Crippen LogP) is 5.20. The molecular formula is C30H28ClF2N7O2S. The van der Waals surface area contributed by atoms with Gasteiger partial charge in [0.1, 0.15) is 29.6 Å². The molecule has 2 aliphatic rings. The monoisotopic (exact) mass is 623 g/mol. The number of likely N-dealkylation sites (N-methyl/N-ethyl adjacent to an activating group) is 1. The topological polar surface area (TPSA) is 112 Å². The normalized spacial score (nSPS) is 17.5. The van der Waals surface area contributed by atoms with Crippen LogP contribution in [-0.4, -0.2) is 78.1 Å². The number of thiazole rings is 1. The number of fused-ring (bicyclic) bond motifs is 2. The van der Waals surface area contributed by atoms with Crippen LogP contribution >= 0.6 is 22.9 Å². The van der Waals surface area contributed by atoms with Crippen molar-refractivity contribution in [3.05, 3.63) is 53.1 Å². The van der Waals surface area contributed by atoms with Gasteiger partial charge >= 0.3 is 0 Å². The zero-order valence-corrected chi connectivity index (χ0v) is 24.9. The molecule has 0 radical (unpaired) electrons. The molecule has 6 rings (SSSR count). The summed E-state index contributed by atoms with van der Waals surface area (Å²) in [5, 5.41) is 10.9. The van der Waals surface area contributed by atoms with Crippen LogP contribution in [0, 0.1) is 23.0 Å². The Hall–Kier alpha value is -4.05. The summed E-state index contributed by atoms with van der Waals surface area (Å²) in [4.78, 5) is 26.8. The number of anilines is 2. The molecule has 2 N–H and O–H groups in total. The smallest absolute Gasteiger partial charge is 0.246 e. The summed E-state index contributed by atoms with van der Waals surface area (Å²) in [6, 6.07) is 6.58. The molecule has 2 aliphatic heterocycles. The number of carbonyl (C=O) groups is 1. The van der Waals surface area contributed by atoms with Crippen LogP contribution < -0.4 is 15.4 Å². The number of nitrogens with two attached hydrogens (primary N) is 1. The van der Waals surface area contributed by atoms with Crippen molar-refractivity contribution in [1.82, 2.24) is 19.8 Å². The lowest BCUT2D eigenvalue weighted by molar-refractivity contribution is -0.126. The van der Waals surface area contributed by atoms with Crippen molar-refractivity contribution in [3.63, 3.8) is 0 Å². The van der Waals surface area contributed by atoms with Gasteiger partial charge in [-0.05, 0) is 50.7 Å². The van der Waals surface area contributed by atoms with Crippen LogP contribution in [-0.2, 0) is 4.79 Å². The molecule has 13 heteroatoms. The Bertz CT molecular complexity index is 1820. The summed E-state index contributed by atoms with van der Waals surface area (Å²) in [5.74, 6) is -1.44. The molecule has 43 heavy (non-hydrogen) atoms. The Morgan fingerprint density at radius 2 is 2.02 bits per heavy atom. The number of hydrogen-bond acceptors (Lipinski definition) is 9. The number of rotatable bonds is 6. The number of carbonyl (C=O) groups excluding carboxylic acids is 1. The van der Waals surface area contributed by atoms with Crippen molar-refractivity contribution < 1.29 is 18.3 Å². The highest BCUT2D eigenvalue weighted by Gasteiger charge is 2.30. The number of piperazine rings is 1. The second-order valence-electron chi connectivity index (χ2n) is 10.6. The van der Waals surface area contributed by atoms with Gasteiger partial charge in [-0.2, -0.15) is 5.26 Å². The molecule has 4 aromatic rings. The first kappa shape index (κ1) is 29.0. The standard InChI is InChI=1S/C30H28ClF2N7O2S/c1-3-22(41)39-9-11-40(12-10-39)27-18-13-20(31)23(17-6-7-21(32)28-26(17)37-30(35)43-28)24(33)25(18)36-29(19(27)14-34)42-15-16-5-4-8-38(16)2/h3,6-7,13,16H,1,4-5,8-12,15H2,2H3,(H2,35,37)/t16-/m0/s1. The van der Waals surface area contributed by atoms with Gasteiger partial charge in [0, 0.05) is 48.7 Å². The number of benzene rings is 2. The number of halogens is 3. The molecule has 2 aromatic carbocycles. The highest BCUT2D eigenvalue weighted by Crippen LogP contribution is 2.44. The van der Waals surface area contributed by atoms with Gasteiger partial charge < -0.3 is 25.2 Å². The van der Waals surface area contributed by atoms with Crippen molar-refractivity contribution in [1.29, 1.82) is 5.26 Å². The molecule has 1 amide bonds. The van der Waals surface area contributed by atoms with E-state index in [0.29, 0.717) is 37.3 Å². The van der Waals surface area contributed by atoms with E-state index >= 15 is 4.39 Å². The number of aromatic nitrogens is 2. The quantitative estimate of drug-likeness (QED) is 0.292. The maximum absolute atomic E-state index is 16.7. The summed E-state index contributed by atoms with van der Waals surface area (Å²) >= 11 is 7.73. The fraction of sp³-hybridized carbons (Fsp3) is 0.333. The molecule has 0 saturated carbocycles. The Kier molecular flexibility index (Phi) is 7.81. The lowest BCUT2D eigenvalue weighted by atomic mass is 9.99. The van der Waals surface area contributed by atoms with Crippen LogP contribution in [0.1, 0.15) is 18.4 Å². The van der Waals surface area contributed by atoms with Gasteiger partial charge in [-0.15, -0.1) is 0 Å². The van der Waals surface area contributed by atoms with E-state index in [1.165, 1.54) is 18.2 Å². The number of amides is 1. The minimum atomic E-state index is -0.754. The Morgan fingerprint density at radius 3 is 2.70 bits per heavy atom. The summed E-state index contributed by atoms with van der Waals surface area (Å²) < 4.78 is 37.6. The van der Waals surface area contributed by atoms with Crippen LogP contribution in [0.2, 0.25) is 5.02 Å². The number of nitrogen functional groups attached to an aromatic ring is 1.